The average molecular weight is 408 g/mol. The summed E-state index contributed by atoms with van der Waals surface area (Å²) in [6.07, 6.45) is -1.08. The molecule has 0 spiro atoms. The number of nitrogens with zero attached hydrogens (tertiary/aromatic N) is 2. The first-order valence-corrected chi connectivity index (χ1v) is 8.68. The predicted octanol–water partition coefficient (Wildman–Crippen LogP) is 2.24. The summed E-state index contributed by atoms with van der Waals surface area (Å²) in [6.45, 7) is -0.330. The number of fused-ring (bicyclic) bond motifs is 1. The third kappa shape index (κ3) is 4.21. The van der Waals surface area contributed by atoms with Gasteiger partial charge in [-0.25, -0.2) is 4.68 Å². The average Bonchev–Trinajstić information content (AvgIpc) is 2.63. The molecule has 0 unspecified atom stereocenters. The van der Waals surface area contributed by atoms with Gasteiger partial charge in [0.25, 0.3) is 11.5 Å². The number of primary amides is 1. The van der Waals surface area contributed by atoms with E-state index in [1.54, 1.807) is 36.4 Å². The van der Waals surface area contributed by atoms with Gasteiger partial charge in [-0.2, -0.15) is 5.10 Å². The van der Waals surface area contributed by atoms with Gasteiger partial charge < -0.3 is 15.6 Å². The highest BCUT2D eigenvalue weighted by Gasteiger charge is 2.17. The number of rotatable bonds is 6. The number of amides is 1. The molecule has 0 saturated carbocycles. The molecule has 1 atom stereocenters. The van der Waals surface area contributed by atoms with E-state index in [2.05, 4.69) is 5.10 Å². The second-order valence-electron chi connectivity index (χ2n) is 5.79. The van der Waals surface area contributed by atoms with Crippen molar-refractivity contribution >= 4 is 39.9 Å². The highest BCUT2D eigenvalue weighted by Crippen LogP contribution is 2.27. The first-order valence-electron chi connectivity index (χ1n) is 7.92. The van der Waals surface area contributed by atoms with Crippen LogP contribution in [-0.4, -0.2) is 33.5 Å². The molecule has 0 saturated heterocycles. The zero-order valence-corrected chi connectivity index (χ0v) is 15.4. The largest absolute Gasteiger partial charge is 0.489 e. The van der Waals surface area contributed by atoms with Crippen LogP contribution in [0.3, 0.4) is 0 Å². The Morgan fingerprint density at radius 3 is 2.59 bits per heavy atom. The lowest BCUT2D eigenvalue weighted by Crippen LogP contribution is -2.34. The number of halogens is 2. The number of carbonyl (C=O) groups excluding carboxylic acids is 1. The number of hydrogen-bond donors (Lipinski definition) is 2. The third-order valence-electron chi connectivity index (χ3n) is 3.81. The molecule has 2 aromatic carbocycles. The Balaban J connectivity index is 1.82. The zero-order valence-electron chi connectivity index (χ0n) is 13.9. The van der Waals surface area contributed by atoms with Crippen LogP contribution in [0.2, 0.25) is 10.0 Å². The van der Waals surface area contributed by atoms with Crippen LogP contribution in [-0.2, 0) is 6.54 Å². The van der Waals surface area contributed by atoms with E-state index in [0.29, 0.717) is 21.2 Å². The molecule has 0 bridgehead atoms. The molecule has 3 aromatic rings. The van der Waals surface area contributed by atoms with Crippen molar-refractivity contribution in [3.8, 4) is 5.75 Å². The van der Waals surface area contributed by atoms with E-state index in [9.17, 15) is 14.7 Å². The van der Waals surface area contributed by atoms with Gasteiger partial charge in [-0.3, -0.25) is 9.59 Å². The number of benzene rings is 2. The van der Waals surface area contributed by atoms with Gasteiger partial charge in [0.2, 0.25) is 0 Å². The van der Waals surface area contributed by atoms with Crippen molar-refractivity contribution < 1.29 is 14.6 Å². The van der Waals surface area contributed by atoms with E-state index in [1.807, 2.05) is 0 Å². The van der Waals surface area contributed by atoms with Gasteiger partial charge in [-0.15, -0.1) is 0 Å². The topological polar surface area (TPSA) is 107 Å². The molecule has 140 valence electrons. The van der Waals surface area contributed by atoms with Crippen molar-refractivity contribution in [2.75, 3.05) is 6.61 Å². The highest BCUT2D eigenvalue weighted by atomic mass is 35.5. The molecular weight excluding hydrogens is 393 g/mol. The van der Waals surface area contributed by atoms with Crippen molar-refractivity contribution in [2.45, 2.75) is 12.6 Å². The van der Waals surface area contributed by atoms with E-state index in [4.69, 9.17) is 33.7 Å². The lowest BCUT2D eigenvalue weighted by Gasteiger charge is -2.15. The summed E-state index contributed by atoms with van der Waals surface area (Å²) in [5, 5.41) is 15.6. The monoisotopic (exact) mass is 407 g/mol. The number of carbonyl (C=O) groups is 1. The summed E-state index contributed by atoms with van der Waals surface area (Å²) in [5.74, 6) is -0.421. The first kappa shape index (κ1) is 19.2. The number of aromatic nitrogens is 2. The zero-order chi connectivity index (χ0) is 19.6. The van der Waals surface area contributed by atoms with E-state index in [1.165, 1.54) is 6.07 Å². The SMILES string of the molecule is NC(=O)c1nn(C[C@H](O)COc2ccc(Cl)cc2Cl)c(=O)c2ccccc12. The fraction of sp³-hybridized carbons (Fsp3) is 0.167. The number of hydrogen-bond acceptors (Lipinski definition) is 5. The minimum absolute atomic E-state index is 0.0425. The minimum Gasteiger partial charge on any atom is -0.489 e. The molecule has 3 N–H and O–H groups in total. The third-order valence-corrected chi connectivity index (χ3v) is 4.34. The Hall–Kier alpha value is -2.61. The molecule has 1 amide bonds. The van der Waals surface area contributed by atoms with Crippen LogP contribution in [0.1, 0.15) is 10.5 Å². The fourth-order valence-corrected chi connectivity index (χ4v) is 3.03. The molecule has 1 aromatic heterocycles. The van der Waals surface area contributed by atoms with E-state index in [-0.39, 0.29) is 24.2 Å². The molecule has 0 fully saturated rings. The van der Waals surface area contributed by atoms with Crippen LogP contribution in [0.25, 0.3) is 10.8 Å². The van der Waals surface area contributed by atoms with Crippen LogP contribution < -0.4 is 16.0 Å². The molecular formula is C18H15Cl2N3O4. The number of aliphatic hydroxyl groups is 1. The van der Waals surface area contributed by atoms with Crippen molar-refractivity contribution in [3.05, 3.63) is 68.6 Å². The highest BCUT2D eigenvalue weighted by molar-refractivity contribution is 6.35. The molecule has 0 radical (unpaired) electrons. The normalized spacial score (nSPS) is 12.1. The van der Waals surface area contributed by atoms with Crippen molar-refractivity contribution in [1.82, 2.24) is 9.78 Å². The van der Waals surface area contributed by atoms with Crippen LogP contribution in [0.4, 0.5) is 0 Å². The van der Waals surface area contributed by atoms with Crippen molar-refractivity contribution in [3.63, 3.8) is 0 Å². The molecule has 27 heavy (non-hydrogen) atoms. The molecule has 7 nitrogen and oxygen atoms in total. The van der Waals surface area contributed by atoms with Crippen LogP contribution in [0.15, 0.2) is 47.3 Å². The number of ether oxygens (including phenoxy) is 1. The first-order chi connectivity index (χ1) is 12.9. The smallest absolute Gasteiger partial charge is 0.274 e. The maximum atomic E-state index is 12.6. The molecule has 3 rings (SSSR count). The van der Waals surface area contributed by atoms with Gasteiger partial charge in [0, 0.05) is 10.4 Å². The Morgan fingerprint density at radius 2 is 1.93 bits per heavy atom. The Kier molecular flexibility index (Phi) is 5.65. The summed E-state index contributed by atoms with van der Waals surface area (Å²) in [5.41, 5.74) is 4.88. The lowest BCUT2D eigenvalue weighted by molar-refractivity contribution is 0.0871. The summed E-state index contributed by atoms with van der Waals surface area (Å²) in [7, 11) is 0. The summed E-state index contributed by atoms with van der Waals surface area (Å²) in [4.78, 5) is 24.2. The molecule has 0 aliphatic carbocycles. The molecule has 1 heterocycles. The van der Waals surface area contributed by atoms with Gasteiger partial charge in [0.15, 0.2) is 5.69 Å². The number of nitrogens with two attached hydrogens (primary N) is 1. The van der Waals surface area contributed by atoms with Gasteiger partial charge in [0.1, 0.15) is 18.5 Å². The van der Waals surface area contributed by atoms with E-state index < -0.39 is 17.6 Å². The molecule has 9 heteroatoms. The Morgan fingerprint density at radius 1 is 1.22 bits per heavy atom. The van der Waals surface area contributed by atoms with Crippen LogP contribution >= 0.6 is 23.2 Å². The second-order valence-corrected chi connectivity index (χ2v) is 6.63. The minimum atomic E-state index is -1.08. The standard InChI is InChI=1S/C18H15Cl2N3O4/c19-10-5-6-15(14(20)7-10)27-9-11(24)8-23-18(26)13-4-2-1-3-12(13)16(22-23)17(21)25/h1-7,11,24H,8-9H2,(H2,21,25)/t11-/m0/s1. The maximum Gasteiger partial charge on any atom is 0.274 e. The number of aliphatic hydroxyl groups excluding tert-OH is 1. The molecule has 0 aliphatic rings. The molecule has 0 aliphatic heterocycles. The summed E-state index contributed by atoms with van der Waals surface area (Å²) < 4.78 is 6.46. The van der Waals surface area contributed by atoms with Crippen molar-refractivity contribution in [2.24, 2.45) is 5.73 Å². The van der Waals surface area contributed by atoms with Gasteiger partial charge in [-0.05, 0) is 24.3 Å². The second kappa shape index (κ2) is 7.96. The quantitative estimate of drug-likeness (QED) is 0.651. The summed E-state index contributed by atoms with van der Waals surface area (Å²) >= 11 is 11.8. The van der Waals surface area contributed by atoms with Gasteiger partial charge >= 0.3 is 0 Å². The fourth-order valence-electron chi connectivity index (χ4n) is 2.57. The van der Waals surface area contributed by atoms with E-state index >= 15 is 0 Å². The van der Waals surface area contributed by atoms with Gasteiger partial charge in [-0.1, -0.05) is 41.4 Å². The van der Waals surface area contributed by atoms with E-state index in [0.717, 1.165) is 4.68 Å². The predicted molar refractivity (Wildman–Crippen MR) is 102 cm³/mol. The Bertz CT molecular complexity index is 1070. The summed E-state index contributed by atoms with van der Waals surface area (Å²) in [6, 6.07) is 11.2. The Labute approximate surface area is 163 Å². The van der Waals surface area contributed by atoms with Crippen LogP contribution in [0.5, 0.6) is 5.75 Å². The maximum absolute atomic E-state index is 12.6. The van der Waals surface area contributed by atoms with Crippen molar-refractivity contribution in [1.29, 1.82) is 0 Å². The van der Waals surface area contributed by atoms with Gasteiger partial charge in [0.05, 0.1) is 17.0 Å². The lowest BCUT2D eigenvalue weighted by atomic mass is 10.1. The van der Waals surface area contributed by atoms with Crippen LogP contribution in [0, 0.1) is 0 Å².